The standard InChI is InChI=1S/C13H12F2N2S/c14-8-1-4-11(15)10(5-8)12-7-18-13(17-12)6-16-9-2-3-9/h1,4-5,7,9,16H,2-3,6H2. The molecule has 0 radical (unpaired) electrons. The first kappa shape index (κ1) is 11.7. The highest BCUT2D eigenvalue weighted by Gasteiger charge is 2.20. The summed E-state index contributed by atoms with van der Waals surface area (Å²) in [4.78, 5) is 4.33. The molecule has 0 atom stereocenters. The second-order valence-corrected chi connectivity index (χ2v) is 5.35. The zero-order valence-electron chi connectivity index (χ0n) is 9.62. The van der Waals surface area contributed by atoms with Gasteiger partial charge in [0, 0.05) is 23.5 Å². The van der Waals surface area contributed by atoms with Crippen molar-refractivity contribution < 1.29 is 8.78 Å². The summed E-state index contributed by atoms with van der Waals surface area (Å²) in [5, 5.41) is 6.01. The van der Waals surface area contributed by atoms with E-state index in [0.29, 0.717) is 18.3 Å². The van der Waals surface area contributed by atoms with Gasteiger partial charge in [0.1, 0.15) is 16.6 Å². The van der Waals surface area contributed by atoms with Crippen LogP contribution in [-0.4, -0.2) is 11.0 Å². The van der Waals surface area contributed by atoms with Crippen molar-refractivity contribution in [3.8, 4) is 11.3 Å². The molecular weight excluding hydrogens is 254 g/mol. The van der Waals surface area contributed by atoms with E-state index in [1.807, 2.05) is 0 Å². The third-order valence-electron chi connectivity index (χ3n) is 2.88. The second kappa shape index (κ2) is 4.74. The number of halogens is 2. The lowest BCUT2D eigenvalue weighted by Gasteiger charge is -2.00. The van der Waals surface area contributed by atoms with Gasteiger partial charge >= 0.3 is 0 Å². The van der Waals surface area contributed by atoms with Crippen LogP contribution in [0.1, 0.15) is 17.8 Å². The molecule has 1 N–H and O–H groups in total. The van der Waals surface area contributed by atoms with Crippen molar-refractivity contribution in [3.05, 3.63) is 40.2 Å². The van der Waals surface area contributed by atoms with Crippen LogP contribution >= 0.6 is 11.3 Å². The zero-order chi connectivity index (χ0) is 12.5. The van der Waals surface area contributed by atoms with Gasteiger partial charge in [0.15, 0.2) is 0 Å². The van der Waals surface area contributed by atoms with Crippen molar-refractivity contribution in [3.63, 3.8) is 0 Å². The summed E-state index contributed by atoms with van der Waals surface area (Å²) in [5.41, 5.74) is 0.730. The Labute approximate surface area is 108 Å². The van der Waals surface area contributed by atoms with Gasteiger partial charge in [-0.1, -0.05) is 0 Å². The Morgan fingerprint density at radius 2 is 2.17 bits per heavy atom. The predicted molar refractivity (Wildman–Crippen MR) is 67.3 cm³/mol. The SMILES string of the molecule is Fc1ccc(F)c(-c2csc(CNC3CC3)n2)c1. The van der Waals surface area contributed by atoms with Gasteiger partial charge in [-0.05, 0) is 31.0 Å². The molecule has 1 fully saturated rings. The summed E-state index contributed by atoms with van der Waals surface area (Å²) in [6, 6.07) is 4.04. The van der Waals surface area contributed by atoms with Gasteiger partial charge in [0.05, 0.1) is 5.69 Å². The van der Waals surface area contributed by atoms with E-state index in [2.05, 4.69) is 10.3 Å². The molecule has 1 heterocycles. The van der Waals surface area contributed by atoms with E-state index in [4.69, 9.17) is 0 Å². The van der Waals surface area contributed by atoms with Gasteiger partial charge in [-0.3, -0.25) is 0 Å². The molecule has 1 aliphatic carbocycles. The maximum Gasteiger partial charge on any atom is 0.132 e. The van der Waals surface area contributed by atoms with E-state index in [-0.39, 0.29) is 5.56 Å². The molecule has 0 amide bonds. The second-order valence-electron chi connectivity index (χ2n) is 4.41. The molecule has 2 aromatic rings. The summed E-state index contributed by atoms with van der Waals surface area (Å²) in [7, 11) is 0. The fourth-order valence-corrected chi connectivity index (χ4v) is 2.47. The molecular formula is C13H12F2N2S. The van der Waals surface area contributed by atoms with Crippen molar-refractivity contribution in [2.24, 2.45) is 0 Å². The first-order valence-corrected chi connectivity index (χ1v) is 6.73. The van der Waals surface area contributed by atoms with Crippen LogP contribution in [0.25, 0.3) is 11.3 Å². The summed E-state index contributed by atoms with van der Waals surface area (Å²) < 4.78 is 26.7. The molecule has 1 aromatic heterocycles. The average molecular weight is 266 g/mol. The van der Waals surface area contributed by atoms with Crippen molar-refractivity contribution in [1.29, 1.82) is 0 Å². The van der Waals surface area contributed by atoms with Crippen LogP contribution in [0.4, 0.5) is 8.78 Å². The van der Waals surface area contributed by atoms with Crippen molar-refractivity contribution >= 4 is 11.3 Å². The molecule has 18 heavy (non-hydrogen) atoms. The number of aromatic nitrogens is 1. The minimum Gasteiger partial charge on any atom is -0.308 e. The number of hydrogen-bond donors (Lipinski definition) is 1. The Kier molecular flexibility index (Phi) is 3.09. The molecule has 0 aliphatic heterocycles. The molecule has 1 aliphatic rings. The van der Waals surface area contributed by atoms with Gasteiger partial charge < -0.3 is 5.32 Å². The Morgan fingerprint density at radius 1 is 1.33 bits per heavy atom. The number of rotatable bonds is 4. The van der Waals surface area contributed by atoms with Crippen molar-refractivity contribution in [2.75, 3.05) is 0 Å². The molecule has 0 saturated heterocycles. The van der Waals surface area contributed by atoms with Crippen LogP contribution in [0.15, 0.2) is 23.6 Å². The molecule has 2 nitrogen and oxygen atoms in total. The summed E-state index contributed by atoms with van der Waals surface area (Å²) >= 11 is 1.47. The zero-order valence-corrected chi connectivity index (χ0v) is 10.4. The van der Waals surface area contributed by atoms with Gasteiger partial charge in [-0.25, -0.2) is 13.8 Å². The Bertz CT molecular complexity index is 564. The number of hydrogen-bond acceptors (Lipinski definition) is 3. The van der Waals surface area contributed by atoms with Crippen LogP contribution in [0, 0.1) is 11.6 Å². The molecule has 0 bridgehead atoms. The van der Waals surface area contributed by atoms with Crippen LogP contribution in [0.2, 0.25) is 0 Å². The maximum atomic E-state index is 13.6. The number of thiazole rings is 1. The lowest BCUT2D eigenvalue weighted by Crippen LogP contribution is -2.14. The van der Waals surface area contributed by atoms with E-state index in [1.165, 1.54) is 30.2 Å². The van der Waals surface area contributed by atoms with E-state index >= 15 is 0 Å². The molecule has 0 unspecified atom stereocenters. The van der Waals surface area contributed by atoms with Crippen LogP contribution < -0.4 is 5.32 Å². The summed E-state index contributed by atoms with van der Waals surface area (Å²) in [6.07, 6.45) is 2.44. The summed E-state index contributed by atoms with van der Waals surface area (Å²) in [5.74, 6) is -0.888. The average Bonchev–Trinajstić information content (AvgIpc) is 3.08. The van der Waals surface area contributed by atoms with E-state index in [1.54, 1.807) is 5.38 Å². The number of nitrogens with one attached hydrogen (secondary N) is 1. The molecule has 3 rings (SSSR count). The fourth-order valence-electron chi connectivity index (χ4n) is 1.73. The van der Waals surface area contributed by atoms with Crippen LogP contribution in [0.3, 0.4) is 0 Å². The third-order valence-corrected chi connectivity index (χ3v) is 3.72. The maximum absolute atomic E-state index is 13.6. The molecule has 1 saturated carbocycles. The molecule has 94 valence electrons. The Hall–Kier alpha value is -1.33. The van der Waals surface area contributed by atoms with Gasteiger partial charge in [0.2, 0.25) is 0 Å². The van der Waals surface area contributed by atoms with Gasteiger partial charge in [-0.15, -0.1) is 11.3 Å². The van der Waals surface area contributed by atoms with Crippen molar-refractivity contribution in [2.45, 2.75) is 25.4 Å². The minimum absolute atomic E-state index is 0.226. The Morgan fingerprint density at radius 3 is 2.94 bits per heavy atom. The first-order valence-electron chi connectivity index (χ1n) is 5.85. The fraction of sp³-hybridized carbons (Fsp3) is 0.308. The van der Waals surface area contributed by atoms with Crippen molar-refractivity contribution in [1.82, 2.24) is 10.3 Å². The monoisotopic (exact) mass is 266 g/mol. The largest absolute Gasteiger partial charge is 0.308 e. The summed E-state index contributed by atoms with van der Waals surface area (Å²) in [6.45, 7) is 0.701. The molecule has 0 spiro atoms. The van der Waals surface area contributed by atoms with E-state index in [9.17, 15) is 8.78 Å². The van der Waals surface area contributed by atoms with Crippen LogP contribution in [-0.2, 0) is 6.54 Å². The van der Waals surface area contributed by atoms with E-state index < -0.39 is 11.6 Å². The smallest absolute Gasteiger partial charge is 0.132 e. The number of nitrogens with zero attached hydrogens (tertiary/aromatic N) is 1. The predicted octanol–water partition coefficient (Wildman–Crippen LogP) is 3.34. The van der Waals surface area contributed by atoms with E-state index in [0.717, 1.165) is 17.1 Å². The third kappa shape index (κ3) is 2.57. The lowest BCUT2D eigenvalue weighted by atomic mass is 10.1. The van der Waals surface area contributed by atoms with Gasteiger partial charge in [0.25, 0.3) is 0 Å². The first-order chi connectivity index (χ1) is 8.72. The molecule has 1 aromatic carbocycles. The van der Waals surface area contributed by atoms with Crippen LogP contribution in [0.5, 0.6) is 0 Å². The highest BCUT2D eigenvalue weighted by Crippen LogP contribution is 2.26. The Balaban J connectivity index is 1.80. The quantitative estimate of drug-likeness (QED) is 0.918. The molecule has 5 heteroatoms. The van der Waals surface area contributed by atoms with Gasteiger partial charge in [-0.2, -0.15) is 0 Å². The highest BCUT2D eigenvalue weighted by molar-refractivity contribution is 7.09. The lowest BCUT2D eigenvalue weighted by molar-refractivity contribution is 0.602. The topological polar surface area (TPSA) is 24.9 Å². The number of benzene rings is 1. The minimum atomic E-state index is -0.447. The highest BCUT2D eigenvalue weighted by atomic mass is 32.1. The normalized spacial score (nSPS) is 15.0.